The van der Waals surface area contributed by atoms with Crippen LogP contribution >= 0.6 is 0 Å². The van der Waals surface area contributed by atoms with Gasteiger partial charge in [-0.2, -0.15) is 4.98 Å². The number of anilines is 2. The lowest BCUT2D eigenvalue weighted by molar-refractivity contribution is 0.0224. The third-order valence-electron chi connectivity index (χ3n) is 7.22. The third-order valence-corrected chi connectivity index (χ3v) is 7.22. The normalized spacial score (nSPS) is 15.6. The number of carbonyl (C=O) groups is 1. The van der Waals surface area contributed by atoms with Gasteiger partial charge in [0.05, 0.1) is 11.7 Å². The second-order valence-electron chi connectivity index (χ2n) is 12.3. The van der Waals surface area contributed by atoms with Gasteiger partial charge in [-0.05, 0) is 89.3 Å². The Kier molecular flexibility index (Phi) is 6.37. The topological polar surface area (TPSA) is 127 Å². The maximum Gasteiger partial charge on any atom is 0.410 e. The van der Waals surface area contributed by atoms with E-state index in [1.807, 2.05) is 51.1 Å². The molecule has 11 heteroatoms. The highest BCUT2D eigenvalue weighted by Crippen LogP contribution is 2.36. The van der Waals surface area contributed by atoms with E-state index >= 15 is 0 Å². The molecule has 41 heavy (non-hydrogen) atoms. The van der Waals surface area contributed by atoms with Crippen molar-refractivity contribution in [3.63, 3.8) is 0 Å². The van der Waals surface area contributed by atoms with Crippen LogP contribution in [0.5, 0.6) is 0 Å². The van der Waals surface area contributed by atoms with E-state index in [4.69, 9.17) is 9.72 Å². The van der Waals surface area contributed by atoms with Gasteiger partial charge < -0.3 is 20.1 Å². The average Bonchev–Trinajstić information content (AvgIpc) is 3.70. The number of benzene rings is 1. The summed E-state index contributed by atoms with van der Waals surface area (Å²) in [5, 5.41) is 14.2. The molecule has 2 aliphatic rings. The van der Waals surface area contributed by atoms with Crippen LogP contribution in [-0.4, -0.2) is 52.6 Å². The monoisotopic (exact) mass is 557 g/mol. The van der Waals surface area contributed by atoms with Gasteiger partial charge in [-0.15, -0.1) is 0 Å². The minimum atomic E-state index is -1.14. The van der Waals surface area contributed by atoms with E-state index in [-0.39, 0.29) is 17.7 Å². The van der Waals surface area contributed by atoms with Gasteiger partial charge in [0.1, 0.15) is 16.6 Å². The van der Waals surface area contributed by atoms with Crippen LogP contribution < -0.4 is 10.9 Å². The lowest BCUT2D eigenvalue weighted by Crippen LogP contribution is -2.39. The van der Waals surface area contributed by atoms with E-state index in [9.17, 15) is 14.7 Å². The minimum absolute atomic E-state index is 0.0709. The molecule has 0 saturated heterocycles. The second kappa shape index (κ2) is 9.69. The Hall–Kier alpha value is -4.25. The van der Waals surface area contributed by atoms with Gasteiger partial charge in [0.15, 0.2) is 11.5 Å². The summed E-state index contributed by atoms with van der Waals surface area (Å²) < 4.78 is 8.99. The number of hydrogen-bond acceptors (Lipinski definition) is 8. The molecule has 4 heterocycles. The lowest BCUT2D eigenvalue weighted by Gasteiger charge is -2.31. The SMILES string of the molecule is CC(C)(C)OC(=O)N1CCc2cc(Nc3ncc4c(=O)n(C5CC5)n(-c5cccc(C(C)(C)O)n5)c4n3)ccc2C1. The molecule has 1 aliphatic heterocycles. The highest BCUT2D eigenvalue weighted by Gasteiger charge is 2.32. The molecule has 1 fully saturated rings. The summed E-state index contributed by atoms with van der Waals surface area (Å²) in [5.41, 5.74) is 2.13. The summed E-state index contributed by atoms with van der Waals surface area (Å²) in [6.45, 7) is 10.0. The van der Waals surface area contributed by atoms with Crippen molar-refractivity contribution in [1.82, 2.24) is 29.2 Å². The molecule has 0 unspecified atom stereocenters. The number of pyridine rings is 1. The number of fused-ring (bicyclic) bond motifs is 2. The van der Waals surface area contributed by atoms with Crippen molar-refractivity contribution in [3.8, 4) is 5.82 Å². The van der Waals surface area contributed by atoms with Gasteiger partial charge in [0.2, 0.25) is 5.95 Å². The van der Waals surface area contributed by atoms with Gasteiger partial charge in [-0.3, -0.25) is 4.79 Å². The van der Waals surface area contributed by atoms with Crippen molar-refractivity contribution in [1.29, 1.82) is 0 Å². The summed E-state index contributed by atoms with van der Waals surface area (Å²) in [5.74, 6) is 0.862. The Bertz CT molecular complexity index is 1710. The van der Waals surface area contributed by atoms with Crippen LogP contribution in [0.1, 0.15) is 70.3 Å². The van der Waals surface area contributed by atoms with E-state index in [0.717, 1.165) is 29.7 Å². The number of amides is 1. The number of hydrogen-bond donors (Lipinski definition) is 2. The van der Waals surface area contributed by atoms with Crippen molar-refractivity contribution in [2.75, 3.05) is 11.9 Å². The Morgan fingerprint density at radius 3 is 2.56 bits per heavy atom. The van der Waals surface area contributed by atoms with Crippen LogP contribution in [-0.2, 0) is 23.3 Å². The lowest BCUT2D eigenvalue weighted by atomic mass is 9.99. The summed E-state index contributed by atoms with van der Waals surface area (Å²) >= 11 is 0. The van der Waals surface area contributed by atoms with E-state index in [1.54, 1.807) is 40.4 Å². The minimum Gasteiger partial charge on any atom is -0.444 e. The molecule has 1 aliphatic carbocycles. The molecule has 1 aromatic carbocycles. The maximum absolute atomic E-state index is 13.4. The van der Waals surface area contributed by atoms with E-state index in [1.165, 1.54) is 0 Å². The van der Waals surface area contributed by atoms with E-state index < -0.39 is 11.2 Å². The number of carbonyl (C=O) groups excluding carboxylic acids is 1. The summed E-state index contributed by atoms with van der Waals surface area (Å²) in [6, 6.07) is 11.4. The first-order chi connectivity index (χ1) is 19.4. The zero-order valence-electron chi connectivity index (χ0n) is 24.0. The second-order valence-corrected chi connectivity index (χ2v) is 12.3. The molecule has 1 amide bonds. The fraction of sp³-hybridized carbons (Fsp3) is 0.433. The largest absolute Gasteiger partial charge is 0.444 e. The molecular weight excluding hydrogens is 522 g/mol. The molecule has 2 N–H and O–H groups in total. The average molecular weight is 558 g/mol. The molecule has 6 rings (SSSR count). The fourth-order valence-electron chi connectivity index (χ4n) is 5.05. The quantitative estimate of drug-likeness (QED) is 0.365. The first-order valence-corrected chi connectivity index (χ1v) is 13.9. The van der Waals surface area contributed by atoms with Crippen molar-refractivity contribution in [2.45, 2.75) is 77.7 Å². The zero-order valence-corrected chi connectivity index (χ0v) is 24.0. The van der Waals surface area contributed by atoms with Crippen LogP contribution in [0.4, 0.5) is 16.4 Å². The number of nitrogens with one attached hydrogen (secondary N) is 1. The molecule has 0 spiro atoms. The van der Waals surface area contributed by atoms with E-state index in [2.05, 4.69) is 15.3 Å². The zero-order chi connectivity index (χ0) is 29.1. The van der Waals surface area contributed by atoms with Gasteiger partial charge in [-0.25, -0.2) is 24.1 Å². The Morgan fingerprint density at radius 2 is 1.85 bits per heavy atom. The van der Waals surface area contributed by atoms with Crippen LogP contribution in [0, 0.1) is 0 Å². The highest BCUT2D eigenvalue weighted by molar-refractivity contribution is 5.77. The Labute approximate surface area is 237 Å². The highest BCUT2D eigenvalue weighted by atomic mass is 16.6. The fourth-order valence-corrected chi connectivity index (χ4v) is 5.05. The number of nitrogens with zero attached hydrogens (tertiary/aromatic N) is 6. The summed E-state index contributed by atoms with van der Waals surface area (Å²) in [7, 11) is 0. The first-order valence-electron chi connectivity index (χ1n) is 13.9. The molecule has 0 radical (unpaired) electrons. The number of ether oxygens (including phenoxy) is 1. The van der Waals surface area contributed by atoms with Crippen LogP contribution in [0.2, 0.25) is 0 Å². The Morgan fingerprint density at radius 1 is 1.07 bits per heavy atom. The van der Waals surface area contributed by atoms with Gasteiger partial charge in [0.25, 0.3) is 5.56 Å². The third kappa shape index (κ3) is 5.41. The number of aliphatic hydroxyl groups is 1. The molecule has 11 nitrogen and oxygen atoms in total. The first kappa shape index (κ1) is 26.9. The maximum atomic E-state index is 13.4. The van der Waals surface area contributed by atoms with Crippen molar-refractivity contribution >= 4 is 28.8 Å². The molecular formula is C30H35N7O4. The molecule has 214 valence electrons. The predicted octanol–water partition coefficient (Wildman–Crippen LogP) is 4.58. The van der Waals surface area contributed by atoms with Gasteiger partial charge in [-0.1, -0.05) is 12.1 Å². The van der Waals surface area contributed by atoms with Crippen LogP contribution in [0.25, 0.3) is 16.9 Å². The predicted molar refractivity (Wildman–Crippen MR) is 155 cm³/mol. The molecule has 4 aromatic rings. The standard InChI is InChI=1S/C30H35N7O4/c1-29(2,3)41-28(39)35-14-13-18-15-20(10-9-19(18)17-35)32-27-31-16-22-25(34-27)37(36(26(22)38)21-11-12-21)24-8-6-7-23(33-24)30(4,5)40/h6-10,15-16,21,40H,11-14,17H2,1-5H3,(H,31,32,34). The Balaban J connectivity index is 1.31. The molecule has 0 atom stereocenters. The van der Waals surface area contributed by atoms with Crippen molar-refractivity contribution in [3.05, 3.63) is 69.8 Å². The molecule has 0 bridgehead atoms. The molecule has 3 aromatic heterocycles. The van der Waals surface area contributed by atoms with Crippen LogP contribution in [0.15, 0.2) is 47.4 Å². The van der Waals surface area contributed by atoms with E-state index in [0.29, 0.717) is 48.0 Å². The van der Waals surface area contributed by atoms with Gasteiger partial charge >= 0.3 is 6.09 Å². The van der Waals surface area contributed by atoms with Gasteiger partial charge in [0, 0.05) is 25.0 Å². The van der Waals surface area contributed by atoms with Crippen molar-refractivity contribution < 1.29 is 14.6 Å². The summed E-state index contributed by atoms with van der Waals surface area (Å²) in [6.07, 6.45) is 3.76. The smallest absolute Gasteiger partial charge is 0.410 e. The van der Waals surface area contributed by atoms with Crippen LogP contribution in [0.3, 0.4) is 0 Å². The summed E-state index contributed by atoms with van der Waals surface area (Å²) in [4.78, 5) is 41.6. The number of rotatable bonds is 5. The van der Waals surface area contributed by atoms with Crippen molar-refractivity contribution in [2.24, 2.45) is 0 Å². The molecule has 1 saturated carbocycles. The number of aromatic nitrogens is 5.